The zero-order chi connectivity index (χ0) is 17.4. The normalized spacial score (nSPS) is 26.9. The highest BCUT2D eigenvalue weighted by molar-refractivity contribution is 6.30. The van der Waals surface area contributed by atoms with Gasteiger partial charge in [-0.25, -0.2) is 0 Å². The smallest absolute Gasteiger partial charge is 0.219 e. The lowest BCUT2D eigenvalue weighted by Crippen LogP contribution is -2.46. The van der Waals surface area contributed by atoms with E-state index in [-0.39, 0.29) is 17.9 Å². The number of rotatable bonds is 3. The number of likely N-dealkylation sites (tertiary alicyclic amines) is 2. The molecule has 0 saturated carbocycles. The Kier molecular flexibility index (Phi) is 4.87. The molecule has 1 amide bonds. The van der Waals surface area contributed by atoms with Crippen molar-refractivity contribution < 1.29 is 9.90 Å². The van der Waals surface area contributed by atoms with Crippen molar-refractivity contribution in [3.8, 4) is 0 Å². The van der Waals surface area contributed by atoms with Crippen LogP contribution in [-0.4, -0.2) is 57.6 Å². The summed E-state index contributed by atoms with van der Waals surface area (Å²) >= 11 is 5.89. The first kappa shape index (κ1) is 17.6. The Morgan fingerprint density at radius 1 is 1.38 bits per heavy atom. The van der Waals surface area contributed by atoms with Crippen molar-refractivity contribution in [3.63, 3.8) is 0 Å². The Morgan fingerprint density at radius 2 is 2.08 bits per heavy atom. The second-order valence-electron chi connectivity index (χ2n) is 7.68. The first-order valence-electron chi connectivity index (χ1n) is 8.58. The van der Waals surface area contributed by atoms with Crippen LogP contribution in [0.2, 0.25) is 5.02 Å². The second-order valence-corrected chi connectivity index (χ2v) is 8.12. The number of aromatic nitrogens is 1. The Hall–Kier alpha value is -1.17. The van der Waals surface area contributed by atoms with Gasteiger partial charge in [-0.05, 0) is 56.8 Å². The quantitative estimate of drug-likeness (QED) is 0.908. The number of hydrogen-bond acceptors (Lipinski definition) is 4. The molecule has 1 aromatic rings. The monoisotopic (exact) mass is 351 g/mol. The number of hydrogen-bond donors (Lipinski definition) is 1. The van der Waals surface area contributed by atoms with Gasteiger partial charge in [0.25, 0.3) is 0 Å². The van der Waals surface area contributed by atoms with Gasteiger partial charge >= 0.3 is 0 Å². The Morgan fingerprint density at radius 3 is 2.58 bits per heavy atom. The molecule has 1 atom stereocenters. The molecule has 6 heteroatoms. The van der Waals surface area contributed by atoms with E-state index >= 15 is 0 Å². The van der Waals surface area contributed by atoms with Gasteiger partial charge in [0, 0.05) is 26.2 Å². The van der Waals surface area contributed by atoms with Gasteiger partial charge in [-0.2, -0.15) is 0 Å². The highest BCUT2D eigenvalue weighted by Crippen LogP contribution is 2.48. The Bertz CT molecular complexity index is 599. The van der Waals surface area contributed by atoms with Crippen molar-refractivity contribution in [1.82, 2.24) is 14.8 Å². The summed E-state index contributed by atoms with van der Waals surface area (Å²) in [7, 11) is 0. The molecule has 0 radical (unpaired) electrons. The second kappa shape index (κ2) is 6.62. The largest absolute Gasteiger partial charge is 0.394 e. The maximum Gasteiger partial charge on any atom is 0.219 e. The SMILES string of the molecule is CC(=O)N1CC2(CCN(Cc3ccc(Cl)cn3)CC2)CC1(C)CO. The number of amides is 1. The van der Waals surface area contributed by atoms with Crippen LogP contribution >= 0.6 is 11.6 Å². The molecule has 132 valence electrons. The highest BCUT2D eigenvalue weighted by atomic mass is 35.5. The summed E-state index contributed by atoms with van der Waals surface area (Å²) in [5, 5.41) is 10.5. The number of piperidine rings is 1. The van der Waals surface area contributed by atoms with Gasteiger partial charge < -0.3 is 10.0 Å². The predicted octanol–water partition coefficient (Wildman–Crippen LogP) is 2.32. The maximum atomic E-state index is 12.0. The predicted molar refractivity (Wildman–Crippen MR) is 93.7 cm³/mol. The molecule has 2 aliphatic rings. The average Bonchev–Trinajstić information content (AvgIpc) is 2.86. The van der Waals surface area contributed by atoms with Gasteiger partial charge in [0.15, 0.2) is 0 Å². The fourth-order valence-corrected chi connectivity index (χ4v) is 4.48. The van der Waals surface area contributed by atoms with E-state index in [2.05, 4.69) is 9.88 Å². The minimum Gasteiger partial charge on any atom is -0.394 e. The van der Waals surface area contributed by atoms with Crippen molar-refractivity contribution in [2.45, 2.75) is 45.2 Å². The van der Waals surface area contributed by atoms with E-state index < -0.39 is 5.54 Å². The molecule has 1 spiro atoms. The van der Waals surface area contributed by atoms with Crippen LogP contribution in [0.25, 0.3) is 0 Å². The number of pyridine rings is 1. The molecule has 3 heterocycles. The molecule has 24 heavy (non-hydrogen) atoms. The summed E-state index contributed by atoms with van der Waals surface area (Å²) in [6.07, 6.45) is 4.69. The van der Waals surface area contributed by atoms with Crippen LogP contribution in [0.1, 0.15) is 38.8 Å². The van der Waals surface area contributed by atoms with Gasteiger partial charge in [-0.1, -0.05) is 11.6 Å². The lowest BCUT2D eigenvalue weighted by atomic mass is 9.74. The van der Waals surface area contributed by atoms with Crippen LogP contribution in [0.4, 0.5) is 0 Å². The average molecular weight is 352 g/mol. The summed E-state index contributed by atoms with van der Waals surface area (Å²) < 4.78 is 0. The van der Waals surface area contributed by atoms with Crippen LogP contribution < -0.4 is 0 Å². The fourth-order valence-electron chi connectivity index (χ4n) is 4.37. The highest BCUT2D eigenvalue weighted by Gasteiger charge is 2.52. The molecule has 3 rings (SSSR count). The summed E-state index contributed by atoms with van der Waals surface area (Å²) in [4.78, 5) is 20.6. The minimum atomic E-state index is -0.411. The molecule has 1 N–H and O–H groups in total. The lowest BCUT2D eigenvalue weighted by Gasteiger charge is -2.39. The van der Waals surface area contributed by atoms with Gasteiger partial charge in [-0.15, -0.1) is 0 Å². The zero-order valence-corrected chi connectivity index (χ0v) is 15.2. The van der Waals surface area contributed by atoms with E-state index in [1.807, 2.05) is 24.0 Å². The van der Waals surface area contributed by atoms with Crippen molar-refractivity contribution in [2.24, 2.45) is 5.41 Å². The molecule has 0 aromatic carbocycles. The van der Waals surface area contributed by atoms with Crippen molar-refractivity contribution >= 4 is 17.5 Å². The fraction of sp³-hybridized carbons (Fsp3) is 0.667. The van der Waals surface area contributed by atoms with E-state index in [1.54, 1.807) is 13.1 Å². The third-order valence-corrected chi connectivity index (χ3v) is 5.94. The number of nitrogens with zero attached hydrogens (tertiary/aromatic N) is 3. The molecule has 2 fully saturated rings. The van der Waals surface area contributed by atoms with Gasteiger partial charge in [0.05, 0.1) is 22.9 Å². The lowest BCUT2D eigenvalue weighted by molar-refractivity contribution is -0.134. The van der Waals surface area contributed by atoms with Crippen molar-refractivity contribution in [2.75, 3.05) is 26.2 Å². The number of halogens is 1. The van der Waals surface area contributed by atoms with Crippen molar-refractivity contribution in [3.05, 3.63) is 29.0 Å². The molecule has 1 unspecified atom stereocenters. The third-order valence-electron chi connectivity index (χ3n) is 5.71. The summed E-state index contributed by atoms with van der Waals surface area (Å²) in [6.45, 7) is 7.25. The maximum absolute atomic E-state index is 12.0. The van der Waals surface area contributed by atoms with E-state index in [0.29, 0.717) is 5.02 Å². The van der Waals surface area contributed by atoms with Gasteiger partial charge in [-0.3, -0.25) is 14.7 Å². The third kappa shape index (κ3) is 3.44. The van der Waals surface area contributed by atoms with E-state index in [9.17, 15) is 9.90 Å². The number of carbonyl (C=O) groups excluding carboxylic acids is 1. The van der Waals surface area contributed by atoms with Crippen LogP contribution in [0, 0.1) is 5.41 Å². The standard InChI is InChI=1S/C18H26ClN3O2/c1-14(24)22-12-18(11-17(22,2)13-23)5-7-21(8-6-18)10-16-4-3-15(19)9-20-16/h3-4,9,23H,5-8,10-13H2,1-2H3. The summed E-state index contributed by atoms with van der Waals surface area (Å²) in [6, 6.07) is 3.85. The molecule has 5 nitrogen and oxygen atoms in total. The van der Waals surface area contributed by atoms with Gasteiger partial charge in [0.2, 0.25) is 5.91 Å². The molecule has 0 bridgehead atoms. The molecule has 2 aliphatic heterocycles. The van der Waals surface area contributed by atoms with Crippen LogP contribution in [0.3, 0.4) is 0 Å². The molecular formula is C18H26ClN3O2. The molecule has 2 saturated heterocycles. The van der Waals surface area contributed by atoms with E-state index in [4.69, 9.17) is 11.6 Å². The van der Waals surface area contributed by atoms with Crippen LogP contribution in [-0.2, 0) is 11.3 Å². The number of carbonyl (C=O) groups is 1. The molecule has 1 aromatic heterocycles. The molecular weight excluding hydrogens is 326 g/mol. The number of aliphatic hydroxyl groups excluding tert-OH is 1. The molecule has 0 aliphatic carbocycles. The van der Waals surface area contributed by atoms with Crippen LogP contribution in [0.15, 0.2) is 18.3 Å². The summed E-state index contributed by atoms with van der Waals surface area (Å²) in [5.41, 5.74) is 0.769. The van der Waals surface area contributed by atoms with E-state index in [1.165, 1.54) is 0 Å². The summed E-state index contributed by atoms with van der Waals surface area (Å²) in [5.74, 6) is 0.0659. The minimum absolute atomic E-state index is 0.0345. The van der Waals surface area contributed by atoms with Gasteiger partial charge in [0.1, 0.15) is 0 Å². The number of aliphatic hydroxyl groups is 1. The first-order valence-corrected chi connectivity index (χ1v) is 8.96. The zero-order valence-electron chi connectivity index (χ0n) is 14.5. The van der Waals surface area contributed by atoms with Crippen molar-refractivity contribution in [1.29, 1.82) is 0 Å². The van der Waals surface area contributed by atoms with Crippen LogP contribution in [0.5, 0.6) is 0 Å². The Balaban J connectivity index is 1.62. The topological polar surface area (TPSA) is 56.7 Å². The Labute approximate surface area is 148 Å². The van der Waals surface area contributed by atoms with E-state index in [0.717, 1.165) is 51.1 Å². The first-order chi connectivity index (χ1) is 11.4.